The quantitative estimate of drug-likeness (QED) is 0.581. The largest absolute Gasteiger partial charge is 0.446 e. The summed E-state index contributed by atoms with van der Waals surface area (Å²) >= 11 is 5.81. The van der Waals surface area contributed by atoms with E-state index in [2.05, 4.69) is 5.10 Å². The lowest BCUT2D eigenvalue weighted by atomic mass is 10.1. The van der Waals surface area contributed by atoms with Crippen LogP contribution in [0, 0.1) is 20.2 Å². The second-order valence-electron chi connectivity index (χ2n) is 5.51. The number of benzene rings is 2. The van der Waals surface area contributed by atoms with Gasteiger partial charge in [0.1, 0.15) is 5.02 Å². The van der Waals surface area contributed by atoms with Gasteiger partial charge in [0.15, 0.2) is 0 Å². The lowest BCUT2D eigenvalue weighted by Crippen LogP contribution is -2.25. The highest BCUT2D eigenvalue weighted by atomic mass is 35.5. The number of carbonyl (C=O) groups is 1. The molecule has 1 aliphatic heterocycles. The Morgan fingerprint density at radius 2 is 1.93 bits per heavy atom. The molecule has 1 heterocycles. The fourth-order valence-corrected chi connectivity index (χ4v) is 2.66. The van der Waals surface area contributed by atoms with E-state index in [4.69, 9.17) is 16.3 Å². The number of non-ortho nitro benzene ring substituents is 1. The summed E-state index contributed by atoms with van der Waals surface area (Å²) in [5.41, 5.74) is 0.0655. The third-order valence-electron chi connectivity index (χ3n) is 3.72. The van der Waals surface area contributed by atoms with Crippen LogP contribution in [-0.4, -0.2) is 26.7 Å². The molecule has 0 N–H and O–H groups in total. The molecule has 138 valence electrons. The van der Waals surface area contributed by atoms with Gasteiger partial charge in [0.25, 0.3) is 11.4 Å². The van der Waals surface area contributed by atoms with Gasteiger partial charge in [0.05, 0.1) is 9.85 Å². The van der Waals surface area contributed by atoms with Crippen LogP contribution in [0.1, 0.15) is 24.3 Å². The Morgan fingerprint density at radius 3 is 2.56 bits per heavy atom. The standard InChI is InChI=1S/C16H11ClN4O6/c1-9(22)19-16(11-5-6-13(17)14(8-11)21(25)26)27-15(18-19)10-3-2-4-12(7-10)20(23)24/h2-8,16H,1H3/t16-/m1/s1. The Kier molecular flexibility index (Phi) is 4.74. The zero-order valence-electron chi connectivity index (χ0n) is 13.7. The molecule has 0 aliphatic carbocycles. The summed E-state index contributed by atoms with van der Waals surface area (Å²) in [5, 5.41) is 27.0. The van der Waals surface area contributed by atoms with Crippen molar-refractivity contribution in [2.45, 2.75) is 13.2 Å². The van der Waals surface area contributed by atoms with E-state index in [9.17, 15) is 25.0 Å². The Balaban J connectivity index is 1.99. The van der Waals surface area contributed by atoms with Crippen molar-refractivity contribution >= 4 is 34.8 Å². The van der Waals surface area contributed by atoms with Gasteiger partial charge in [-0.1, -0.05) is 23.7 Å². The van der Waals surface area contributed by atoms with Gasteiger partial charge in [-0.2, -0.15) is 5.01 Å². The summed E-state index contributed by atoms with van der Waals surface area (Å²) in [5.74, 6) is -0.491. The van der Waals surface area contributed by atoms with Crippen molar-refractivity contribution in [3.63, 3.8) is 0 Å². The number of nitrogens with zero attached hydrogens (tertiary/aromatic N) is 4. The number of ether oxygens (including phenoxy) is 1. The maximum Gasteiger partial charge on any atom is 0.288 e. The van der Waals surface area contributed by atoms with Gasteiger partial charge in [-0.05, 0) is 12.1 Å². The van der Waals surface area contributed by atoms with E-state index in [1.54, 1.807) is 0 Å². The maximum absolute atomic E-state index is 11.9. The van der Waals surface area contributed by atoms with E-state index < -0.39 is 22.0 Å². The number of amides is 1. The van der Waals surface area contributed by atoms with Crippen LogP contribution >= 0.6 is 11.6 Å². The molecule has 0 aromatic heterocycles. The molecule has 0 saturated heterocycles. The highest BCUT2D eigenvalue weighted by Gasteiger charge is 2.34. The number of carbonyl (C=O) groups excluding carboxylic acids is 1. The van der Waals surface area contributed by atoms with Gasteiger partial charge < -0.3 is 4.74 Å². The van der Waals surface area contributed by atoms with Crippen molar-refractivity contribution in [1.29, 1.82) is 0 Å². The number of rotatable bonds is 4. The monoisotopic (exact) mass is 390 g/mol. The first-order valence-electron chi connectivity index (χ1n) is 7.51. The van der Waals surface area contributed by atoms with Gasteiger partial charge in [-0.3, -0.25) is 25.0 Å². The summed E-state index contributed by atoms with van der Waals surface area (Å²) in [6.45, 7) is 1.25. The summed E-state index contributed by atoms with van der Waals surface area (Å²) in [7, 11) is 0. The van der Waals surface area contributed by atoms with Gasteiger partial charge in [0.2, 0.25) is 18.0 Å². The molecule has 11 heteroatoms. The molecule has 0 saturated carbocycles. The molecular formula is C16H11ClN4O6. The minimum Gasteiger partial charge on any atom is -0.446 e. The number of halogens is 1. The van der Waals surface area contributed by atoms with Gasteiger partial charge in [0, 0.05) is 36.2 Å². The molecule has 1 aliphatic rings. The topological polar surface area (TPSA) is 128 Å². The van der Waals surface area contributed by atoms with Crippen LogP contribution < -0.4 is 0 Å². The summed E-state index contributed by atoms with van der Waals surface area (Å²) in [6, 6.07) is 9.54. The summed E-state index contributed by atoms with van der Waals surface area (Å²) in [6.07, 6.45) is -1.06. The molecule has 0 fully saturated rings. The molecule has 0 radical (unpaired) electrons. The predicted molar refractivity (Wildman–Crippen MR) is 94.1 cm³/mol. The molecule has 27 heavy (non-hydrogen) atoms. The van der Waals surface area contributed by atoms with Gasteiger partial charge >= 0.3 is 0 Å². The van der Waals surface area contributed by atoms with Crippen molar-refractivity contribution < 1.29 is 19.4 Å². The first kappa shape index (κ1) is 18.3. The van der Waals surface area contributed by atoms with Crippen LogP contribution in [0.15, 0.2) is 47.6 Å². The van der Waals surface area contributed by atoms with Gasteiger partial charge in [-0.15, -0.1) is 5.10 Å². The maximum atomic E-state index is 11.9. The van der Waals surface area contributed by atoms with Gasteiger partial charge in [-0.25, -0.2) is 0 Å². The number of nitro groups is 2. The molecule has 2 aromatic rings. The minimum absolute atomic E-state index is 0.0171. The average molecular weight is 391 g/mol. The average Bonchev–Trinajstić information content (AvgIpc) is 3.07. The normalized spacial score (nSPS) is 15.9. The van der Waals surface area contributed by atoms with Crippen LogP contribution in [-0.2, 0) is 9.53 Å². The van der Waals surface area contributed by atoms with Crippen LogP contribution in [0.5, 0.6) is 0 Å². The second-order valence-corrected chi connectivity index (χ2v) is 5.92. The number of hydrogen-bond donors (Lipinski definition) is 0. The van der Waals surface area contributed by atoms with Crippen LogP contribution in [0.25, 0.3) is 0 Å². The number of nitro benzene ring substituents is 2. The zero-order chi connectivity index (χ0) is 19.7. The Bertz CT molecular complexity index is 993. The number of hydrogen-bond acceptors (Lipinski definition) is 7. The SMILES string of the molecule is CC(=O)N1N=C(c2cccc([N+](=O)[O-])c2)O[C@@H]1c1ccc(Cl)c([N+](=O)[O-])c1. The lowest BCUT2D eigenvalue weighted by Gasteiger charge is -2.19. The van der Waals surface area contributed by atoms with Crippen molar-refractivity contribution in [3.05, 3.63) is 78.8 Å². The Morgan fingerprint density at radius 1 is 1.19 bits per heavy atom. The first-order valence-corrected chi connectivity index (χ1v) is 7.89. The molecule has 0 spiro atoms. The smallest absolute Gasteiger partial charge is 0.288 e. The minimum atomic E-state index is -1.06. The molecule has 0 unspecified atom stereocenters. The molecule has 3 rings (SSSR count). The molecule has 0 bridgehead atoms. The van der Waals surface area contributed by atoms with E-state index >= 15 is 0 Å². The predicted octanol–water partition coefficient (Wildman–Crippen LogP) is 3.40. The fraction of sp³-hybridized carbons (Fsp3) is 0.125. The third-order valence-corrected chi connectivity index (χ3v) is 4.04. The second kappa shape index (κ2) is 7.00. The van der Waals surface area contributed by atoms with E-state index in [-0.39, 0.29) is 27.9 Å². The highest BCUT2D eigenvalue weighted by molar-refractivity contribution is 6.32. The Hall–Kier alpha value is -3.53. The van der Waals surface area contributed by atoms with Crippen LogP contribution in [0.4, 0.5) is 11.4 Å². The van der Waals surface area contributed by atoms with Crippen LogP contribution in [0.2, 0.25) is 5.02 Å². The van der Waals surface area contributed by atoms with Crippen molar-refractivity contribution in [2.75, 3.05) is 0 Å². The zero-order valence-corrected chi connectivity index (χ0v) is 14.5. The molecule has 2 aromatic carbocycles. The van der Waals surface area contributed by atoms with Crippen molar-refractivity contribution in [3.8, 4) is 0 Å². The summed E-state index contributed by atoms with van der Waals surface area (Å²) < 4.78 is 5.68. The van der Waals surface area contributed by atoms with E-state index in [0.29, 0.717) is 5.56 Å². The van der Waals surface area contributed by atoms with Crippen molar-refractivity contribution in [2.24, 2.45) is 5.10 Å². The fourth-order valence-electron chi connectivity index (χ4n) is 2.48. The van der Waals surface area contributed by atoms with E-state index in [1.807, 2.05) is 0 Å². The molecule has 10 nitrogen and oxygen atoms in total. The Labute approximate surface area is 156 Å². The highest BCUT2D eigenvalue weighted by Crippen LogP contribution is 2.34. The van der Waals surface area contributed by atoms with E-state index in [0.717, 1.165) is 5.01 Å². The molecule has 1 atom stereocenters. The number of hydrazone groups is 1. The molecular weight excluding hydrogens is 380 g/mol. The lowest BCUT2D eigenvalue weighted by molar-refractivity contribution is -0.385. The van der Waals surface area contributed by atoms with Crippen molar-refractivity contribution in [1.82, 2.24) is 5.01 Å². The van der Waals surface area contributed by atoms with Crippen LogP contribution in [0.3, 0.4) is 0 Å². The van der Waals surface area contributed by atoms with E-state index in [1.165, 1.54) is 49.4 Å². The molecule has 1 amide bonds. The third kappa shape index (κ3) is 3.55. The summed E-state index contributed by atoms with van der Waals surface area (Å²) in [4.78, 5) is 32.8. The first-order chi connectivity index (χ1) is 12.8.